The SMILES string of the molecule is O=C(O)CN(CC(=O)O)CC(=O)NC1CCOCC1. The monoisotopic (exact) mass is 274 g/mol. The molecule has 108 valence electrons. The van der Waals surface area contributed by atoms with E-state index in [2.05, 4.69) is 5.32 Å². The predicted molar refractivity (Wildman–Crippen MR) is 63.7 cm³/mol. The Kier molecular flexibility index (Phi) is 6.23. The first-order chi connectivity index (χ1) is 8.97. The smallest absolute Gasteiger partial charge is 0.317 e. The Labute approximate surface area is 110 Å². The summed E-state index contributed by atoms with van der Waals surface area (Å²) in [6.45, 7) is -0.0330. The van der Waals surface area contributed by atoms with E-state index in [0.29, 0.717) is 26.1 Å². The maximum Gasteiger partial charge on any atom is 0.317 e. The molecule has 0 unspecified atom stereocenters. The molecule has 1 rings (SSSR count). The van der Waals surface area contributed by atoms with Gasteiger partial charge in [0.15, 0.2) is 0 Å². The summed E-state index contributed by atoms with van der Waals surface area (Å²) in [6, 6.07) is 0.0118. The number of nitrogens with one attached hydrogen (secondary N) is 1. The van der Waals surface area contributed by atoms with Crippen LogP contribution in [-0.2, 0) is 19.1 Å². The standard InChI is InChI=1S/C11H18N2O6/c14-9(12-8-1-3-19-4-2-8)5-13(6-10(15)16)7-11(17)18/h8H,1-7H2,(H,12,14)(H,15,16)(H,17,18). The fourth-order valence-electron chi connectivity index (χ4n) is 1.87. The second kappa shape index (κ2) is 7.70. The highest BCUT2D eigenvalue weighted by Gasteiger charge is 2.20. The molecule has 0 aromatic heterocycles. The fourth-order valence-corrected chi connectivity index (χ4v) is 1.87. The predicted octanol–water partition coefficient (Wildman–Crippen LogP) is -1.25. The largest absolute Gasteiger partial charge is 0.480 e. The molecule has 8 nitrogen and oxygen atoms in total. The van der Waals surface area contributed by atoms with Gasteiger partial charge >= 0.3 is 11.9 Å². The summed E-state index contributed by atoms with van der Waals surface area (Å²) in [7, 11) is 0. The Balaban J connectivity index is 2.40. The zero-order valence-electron chi connectivity index (χ0n) is 10.5. The van der Waals surface area contributed by atoms with Crippen molar-refractivity contribution in [1.82, 2.24) is 10.2 Å². The van der Waals surface area contributed by atoms with E-state index in [9.17, 15) is 14.4 Å². The highest BCUT2D eigenvalue weighted by Crippen LogP contribution is 2.05. The second-order valence-corrected chi connectivity index (χ2v) is 4.39. The summed E-state index contributed by atoms with van der Waals surface area (Å²) < 4.78 is 5.15. The van der Waals surface area contributed by atoms with Gasteiger partial charge in [-0.2, -0.15) is 0 Å². The molecule has 0 aromatic carbocycles. The van der Waals surface area contributed by atoms with Crippen LogP contribution < -0.4 is 5.32 Å². The topological polar surface area (TPSA) is 116 Å². The lowest BCUT2D eigenvalue weighted by Crippen LogP contribution is -2.46. The average Bonchev–Trinajstić information content (AvgIpc) is 2.27. The number of nitrogens with zero attached hydrogens (tertiary/aromatic N) is 1. The molecule has 8 heteroatoms. The molecule has 0 radical (unpaired) electrons. The van der Waals surface area contributed by atoms with Gasteiger partial charge in [-0.1, -0.05) is 0 Å². The maximum atomic E-state index is 11.7. The van der Waals surface area contributed by atoms with E-state index in [1.807, 2.05) is 0 Å². The molecule has 0 aliphatic carbocycles. The highest BCUT2D eigenvalue weighted by atomic mass is 16.5. The van der Waals surface area contributed by atoms with Gasteiger partial charge in [0.25, 0.3) is 0 Å². The van der Waals surface area contributed by atoms with Crippen molar-refractivity contribution in [3.63, 3.8) is 0 Å². The number of carbonyl (C=O) groups is 3. The number of hydrogen-bond donors (Lipinski definition) is 3. The molecule has 1 saturated heterocycles. The first-order valence-corrected chi connectivity index (χ1v) is 6.00. The van der Waals surface area contributed by atoms with Gasteiger partial charge in [0.1, 0.15) is 0 Å². The van der Waals surface area contributed by atoms with Crippen LogP contribution in [0, 0.1) is 0 Å². The number of ether oxygens (including phenoxy) is 1. The third kappa shape index (κ3) is 6.73. The minimum Gasteiger partial charge on any atom is -0.480 e. The molecular weight excluding hydrogens is 256 g/mol. The summed E-state index contributed by atoms with van der Waals surface area (Å²) in [5.41, 5.74) is 0. The van der Waals surface area contributed by atoms with Crippen LogP contribution in [0.4, 0.5) is 0 Å². The first kappa shape index (κ1) is 15.4. The molecule has 1 aliphatic heterocycles. The van der Waals surface area contributed by atoms with Crippen molar-refractivity contribution in [1.29, 1.82) is 0 Å². The third-order valence-corrected chi connectivity index (χ3v) is 2.67. The van der Waals surface area contributed by atoms with E-state index >= 15 is 0 Å². The minimum absolute atomic E-state index is 0.0118. The van der Waals surface area contributed by atoms with Crippen molar-refractivity contribution in [3.05, 3.63) is 0 Å². The van der Waals surface area contributed by atoms with Gasteiger partial charge in [0.05, 0.1) is 19.6 Å². The zero-order chi connectivity index (χ0) is 14.3. The summed E-state index contributed by atoms with van der Waals surface area (Å²) in [4.78, 5) is 33.9. The molecular formula is C11H18N2O6. The molecule has 1 heterocycles. The van der Waals surface area contributed by atoms with Crippen molar-refractivity contribution in [2.45, 2.75) is 18.9 Å². The van der Waals surface area contributed by atoms with Gasteiger partial charge in [-0.3, -0.25) is 19.3 Å². The van der Waals surface area contributed by atoms with Crippen LogP contribution >= 0.6 is 0 Å². The molecule has 3 N–H and O–H groups in total. The van der Waals surface area contributed by atoms with E-state index in [-0.39, 0.29) is 18.5 Å². The Bertz CT molecular complexity index is 324. The average molecular weight is 274 g/mol. The second-order valence-electron chi connectivity index (χ2n) is 4.39. The summed E-state index contributed by atoms with van der Waals surface area (Å²) in [5, 5.41) is 20.0. The van der Waals surface area contributed by atoms with Crippen LogP contribution in [0.5, 0.6) is 0 Å². The van der Waals surface area contributed by atoms with E-state index in [0.717, 1.165) is 4.90 Å². The number of carbonyl (C=O) groups excluding carboxylic acids is 1. The number of rotatable bonds is 7. The quantitative estimate of drug-likeness (QED) is 0.531. The number of carboxylic acids is 2. The third-order valence-electron chi connectivity index (χ3n) is 2.67. The summed E-state index contributed by atoms with van der Waals surface area (Å²) >= 11 is 0. The Morgan fingerprint density at radius 3 is 2.05 bits per heavy atom. The van der Waals surface area contributed by atoms with E-state index in [4.69, 9.17) is 14.9 Å². The van der Waals surface area contributed by atoms with Crippen molar-refractivity contribution in [2.24, 2.45) is 0 Å². The van der Waals surface area contributed by atoms with Crippen LogP contribution in [0.15, 0.2) is 0 Å². The van der Waals surface area contributed by atoms with Crippen LogP contribution in [0.25, 0.3) is 0 Å². The minimum atomic E-state index is -1.17. The van der Waals surface area contributed by atoms with Gasteiger partial charge in [-0.15, -0.1) is 0 Å². The number of aliphatic carboxylic acids is 2. The van der Waals surface area contributed by atoms with Crippen LogP contribution in [0.3, 0.4) is 0 Å². The van der Waals surface area contributed by atoms with Gasteiger partial charge in [0.2, 0.25) is 5.91 Å². The molecule has 1 aliphatic rings. The van der Waals surface area contributed by atoms with E-state index < -0.39 is 25.0 Å². The lowest BCUT2D eigenvalue weighted by molar-refractivity contribution is -0.142. The van der Waals surface area contributed by atoms with Crippen molar-refractivity contribution in [3.8, 4) is 0 Å². The van der Waals surface area contributed by atoms with Gasteiger partial charge < -0.3 is 20.3 Å². The molecule has 0 aromatic rings. The van der Waals surface area contributed by atoms with Crippen molar-refractivity contribution >= 4 is 17.8 Å². The van der Waals surface area contributed by atoms with Gasteiger partial charge in [-0.25, -0.2) is 0 Å². The first-order valence-electron chi connectivity index (χ1n) is 6.00. The van der Waals surface area contributed by atoms with Crippen LogP contribution in [-0.4, -0.2) is 71.8 Å². The highest BCUT2D eigenvalue weighted by molar-refractivity contribution is 5.80. The van der Waals surface area contributed by atoms with Crippen LogP contribution in [0.1, 0.15) is 12.8 Å². The maximum absolute atomic E-state index is 11.7. The Morgan fingerprint density at radius 2 is 1.58 bits per heavy atom. The normalized spacial score (nSPS) is 16.3. The number of carboxylic acid groups (broad SMARTS) is 2. The lowest BCUT2D eigenvalue weighted by Gasteiger charge is -2.24. The van der Waals surface area contributed by atoms with Gasteiger partial charge in [0, 0.05) is 19.3 Å². The van der Waals surface area contributed by atoms with Crippen molar-refractivity contribution < 1.29 is 29.3 Å². The fraction of sp³-hybridized carbons (Fsp3) is 0.727. The molecule has 0 bridgehead atoms. The number of amides is 1. The molecule has 1 amide bonds. The van der Waals surface area contributed by atoms with Crippen molar-refractivity contribution in [2.75, 3.05) is 32.8 Å². The van der Waals surface area contributed by atoms with Gasteiger partial charge in [-0.05, 0) is 12.8 Å². The van der Waals surface area contributed by atoms with Crippen LogP contribution in [0.2, 0.25) is 0 Å². The molecule has 0 atom stereocenters. The number of hydrogen-bond acceptors (Lipinski definition) is 5. The molecule has 0 saturated carbocycles. The Hall–Kier alpha value is -1.67. The molecule has 0 spiro atoms. The van der Waals surface area contributed by atoms with E-state index in [1.165, 1.54) is 0 Å². The molecule has 19 heavy (non-hydrogen) atoms. The van der Waals surface area contributed by atoms with E-state index in [1.54, 1.807) is 0 Å². The summed E-state index contributed by atoms with van der Waals surface area (Å²) in [6.07, 6.45) is 1.42. The lowest BCUT2D eigenvalue weighted by atomic mass is 10.1. The summed E-state index contributed by atoms with van der Waals surface area (Å²) in [5.74, 6) is -2.70. The molecule has 1 fully saturated rings. The zero-order valence-corrected chi connectivity index (χ0v) is 10.5. The Morgan fingerprint density at radius 1 is 1.05 bits per heavy atom.